The molecule has 3 nitrogen and oxygen atoms in total. The summed E-state index contributed by atoms with van der Waals surface area (Å²) in [4.78, 5) is 22.1. The maximum atomic E-state index is 11.3. The monoisotopic (exact) mass is 218 g/mol. The third-order valence-corrected chi connectivity index (χ3v) is 4.28. The summed E-state index contributed by atoms with van der Waals surface area (Å²) in [5.74, 6) is 0.426. The number of ketones is 1. The summed E-state index contributed by atoms with van der Waals surface area (Å²) in [7, 11) is 0. The molecule has 0 aromatic carbocycles. The first-order chi connectivity index (χ1) is 6.16. The number of rotatable bonds is 3. The lowest BCUT2D eigenvalue weighted by Crippen LogP contribution is -2.12. The highest BCUT2D eigenvalue weighted by Crippen LogP contribution is 2.39. The average Bonchev–Trinajstić information content (AvgIpc) is 2.56. The maximum Gasteiger partial charge on any atom is 0.341 e. The van der Waals surface area contributed by atoms with Crippen LogP contribution in [0.5, 0.6) is 0 Å². The van der Waals surface area contributed by atoms with Crippen LogP contribution in [0, 0.1) is 0 Å². The topological polar surface area (TPSA) is 54.4 Å². The molecular weight excluding hydrogens is 208 g/mol. The van der Waals surface area contributed by atoms with Crippen molar-refractivity contribution in [1.29, 1.82) is 0 Å². The highest BCUT2D eigenvalue weighted by Gasteiger charge is 2.24. The molecule has 1 aliphatic rings. The summed E-state index contributed by atoms with van der Waals surface area (Å²) in [6, 6.07) is 0. The summed E-state index contributed by atoms with van der Waals surface area (Å²) in [6.07, 6.45) is 0.256. The Bertz CT molecular complexity index is 263. The molecule has 1 saturated heterocycles. The van der Waals surface area contributed by atoms with Crippen LogP contribution in [0.4, 0.5) is 0 Å². The van der Waals surface area contributed by atoms with Crippen molar-refractivity contribution in [2.75, 3.05) is 11.5 Å². The third kappa shape index (κ3) is 2.51. The van der Waals surface area contributed by atoms with Gasteiger partial charge in [0.05, 0.1) is 4.24 Å². The zero-order chi connectivity index (χ0) is 9.84. The van der Waals surface area contributed by atoms with Crippen LogP contribution < -0.4 is 0 Å². The molecule has 0 amide bonds. The number of thioether (sulfide) groups is 2. The molecule has 13 heavy (non-hydrogen) atoms. The van der Waals surface area contributed by atoms with Crippen LogP contribution in [0.1, 0.15) is 13.3 Å². The highest BCUT2D eigenvalue weighted by molar-refractivity contribution is 8.25. The summed E-state index contributed by atoms with van der Waals surface area (Å²) < 4.78 is 0.680. The largest absolute Gasteiger partial charge is 0.478 e. The van der Waals surface area contributed by atoms with Gasteiger partial charge in [-0.25, -0.2) is 4.79 Å². The number of hydrogen-bond acceptors (Lipinski definition) is 4. The zero-order valence-corrected chi connectivity index (χ0v) is 8.83. The van der Waals surface area contributed by atoms with Crippen molar-refractivity contribution in [1.82, 2.24) is 0 Å². The molecule has 5 heteroatoms. The number of aliphatic carboxylic acids is 1. The van der Waals surface area contributed by atoms with E-state index in [1.807, 2.05) is 0 Å². The quantitative estimate of drug-likeness (QED) is 0.444. The van der Waals surface area contributed by atoms with Crippen LogP contribution in [0.3, 0.4) is 0 Å². The SMILES string of the molecule is CCC(=O)C(C(=O)O)=C1SCCS1. The van der Waals surface area contributed by atoms with Crippen LogP contribution in [0.2, 0.25) is 0 Å². The van der Waals surface area contributed by atoms with Crippen molar-refractivity contribution in [3.05, 3.63) is 9.81 Å². The van der Waals surface area contributed by atoms with Crippen molar-refractivity contribution in [3.8, 4) is 0 Å². The van der Waals surface area contributed by atoms with Crippen LogP contribution in [0.15, 0.2) is 9.81 Å². The highest BCUT2D eigenvalue weighted by atomic mass is 32.2. The van der Waals surface area contributed by atoms with Gasteiger partial charge < -0.3 is 5.11 Å². The van der Waals surface area contributed by atoms with Crippen LogP contribution >= 0.6 is 23.5 Å². The standard InChI is InChI=1S/C8H10O3S2/c1-2-5(9)6(7(10)11)8-12-3-4-13-8/h2-4H2,1H3,(H,10,11). The predicted octanol–water partition coefficient (Wildman–Crippen LogP) is 1.74. The Kier molecular flexibility index (Phi) is 3.87. The summed E-state index contributed by atoms with van der Waals surface area (Å²) in [6.45, 7) is 1.68. The van der Waals surface area contributed by atoms with E-state index in [2.05, 4.69) is 0 Å². The van der Waals surface area contributed by atoms with E-state index in [1.165, 1.54) is 23.5 Å². The Balaban J connectivity index is 2.96. The molecule has 1 N–H and O–H groups in total. The first kappa shape index (κ1) is 10.7. The summed E-state index contributed by atoms with van der Waals surface area (Å²) in [5.41, 5.74) is -0.0185. The molecule has 0 saturated carbocycles. The number of carboxylic acid groups (broad SMARTS) is 1. The van der Waals surface area contributed by atoms with E-state index >= 15 is 0 Å². The van der Waals surface area contributed by atoms with E-state index in [0.29, 0.717) is 4.24 Å². The van der Waals surface area contributed by atoms with E-state index in [0.717, 1.165) is 11.5 Å². The molecule has 1 aliphatic heterocycles. The average molecular weight is 218 g/mol. The summed E-state index contributed by atoms with van der Waals surface area (Å²) >= 11 is 2.93. The zero-order valence-electron chi connectivity index (χ0n) is 7.20. The Morgan fingerprint density at radius 2 is 1.92 bits per heavy atom. The number of carbonyl (C=O) groups is 2. The molecule has 0 unspecified atom stereocenters. The fourth-order valence-electron chi connectivity index (χ4n) is 0.952. The van der Waals surface area contributed by atoms with E-state index in [-0.39, 0.29) is 17.8 Å². The minimum atomic E-state index is -1.09. The molecule has 72 valence electrons. The number of carboxylic acids is 1. The van der Waals surface area contributed by atoms with E-state index < -0.39 is 5.97 Å². The Morgan fingerprint density at radius 3 is 2.31 bits per heavy atom. The molecular formula is C8H10O3S2. The predicted molar refractivity (Wildman–Crippen MR) is 54.9 cm³/mol. The lowest BCUT2D eigenvalue weighted by atomic mass is 10.1. The van der Waals surface area contributed by atoms with Gasteiger partial charge in [0.1, 0.15) is 5.57 Å². The van der Waals surface area contributed by atoms with Crippen molar-refractivity contribution >= 4 is 35.3 Å². The van der Waals surface area contributed by atoms with Crippen LogP contribution in [-0.4, -0.2) is 28.4 Å². The van der Waals surface area contributed by atoms with Crippen molar-refractivity contribution in [3.63, 3.8) is 0 Å². The lowest BCUT2D eigenvalue weighted by molar-refractivity contribution is -0.134. The Hall–Kier alpha value is -0.420. The second-order valence-electron chi connectivity index (χ2n) is 2.44. The lowest BCUT2D eigenvalue weighted by Gasteiger charge is -2.01. The normalized spacial score (nSPS) is 15.9. The first-order valence-electron chi connectivity index (χ1n) is 3.93. The molecule has 0 radical (unpaired) electrons. The van der Waals surface area contributed by atoms with E-state index in [4.69, 9.17) is 5.11 Å². The molecule has 0 bridgehead atoms. The van der Waals surface area contributed by atoms with Gasteiger partial charge in [-0.15, -0.1) is 23.5 Å². The van der Waals surface area contributed by atoms with Gasteiger partial charge in [-0.3, -0.25) is 4.79 Å². The van der Waals surface area contributed by atoms with Gasteiger partial charge in [-0.2, -0.15) is 0 Å². The number of carbonyl (C=O) groups excluding carboxylic acids is 1. The number of Topliss-reactive ketones (excluding diaryl/α,β-unsaturated/α-hetero) is 1. The second kappa shape index (κ2) is 4.72. The molecule has 0 aliphatic carbocycles. The fraction of sp³-hybridized carbons (Fsp3) is 0.500. The van der Waals surface area contributed by atoms with Crippen LogP contribution in [0.25, 0.3) is 0 Å². The molecule has 1 heterocycles. The second-order valence-corrected chi connectivity index (χ2v) is 4.91. The van der Waals surface area contributed by atoms with Crippen molar-refractivity contribution in [2.24, 2.45) is 0 Å². The van der Waals surface area contributed by atoms with Gasteiger partial charge in [0.15, 0.2) is 5.78 Å². The molecule has 0 aromatic rings. The van der Waals surface area contributed by atoms with Gasteiger partial charge in [0.2, 0.25) is 0 Å². The van der Waals surface area contributed by atoms with E-state index in [1.54, 1.807) is 6.92 Å². The van der Waals surface area contributed by atoms with Gasteiger partial charge >= 0.3 is 5.97 Å². The first-order valence-corrected chi connectivity index (χ1v) is 5.90. The van der Waals surface area contributed by atoms with Crippen LogP contribution in [-0.2, 0) is 9.59 Å². The maximum absolute atomic E-state index is 11.3. The van der Waals surface area contributed by atoms with Gasteiger partial charge in [0.25, 0.3) is 0 Å². The Labute approximate surface area is 85.0 Å². The third-order valence-electron chi connectivity index (χ3n) is 1.57. The molecule has 1 fully saturated rings. The minimum Gasteiger partial charge on any atom is -0.478 e. The van der Waals surface area contributed by atoms with Crippen molar-refractivity contribution < 1.29 is 14.7 Å². The molecule has 0 spiro atoms. The summed E-state index contributed by atoms with van der Waals surface area (Å²) in [5, 5.41) is 8.83. The number of hydrogen-bond donors (Lipinski definition) is 1. The van der Waals surface area contributed by atoms with Gasteiger partial charge in [-0.05, 0) is 0 Å². The fourth-order valence-corrected chi connectivity index (χ4v) is 3.51. The van der Waals surface area contributed by atoms with Gasteiger partial charge in [-0.1, -0.05) is 6.92 Å². The van der Waals surface area contributed by atoms with Gasteiger partial charge in [0, 0.05) is 17.9 Å². The van der Waals surface area contributed by atoms with Crippen molar-refractivity contribution in [2.45, 2.75) is 13.3 Å². The molecule has 0 atom stereocenters. The van der Waals surface area contributed by atoms with E-state index in [9.17, 15) is 9.59 Å². The Morgan fingerprint density at radius 1 is 1.38 bits per heavy atom. The minimum absolute atomic E-state index is 0.0185. The molecule has 0 aromatic heterocycles. The smallest absolute Gasteiger partial charge is 0.341 e. The molecule has 1 rings (SSSR count).